The Morgan fingerprint density at radius 1 is 1.41 bits per heavy atom. The quantitative estimate of drug-likeness (QED) is 0.357. The van der Waals surface area contributed by atoms with Crippen molar-refractivity contribution in [3.8, 4) is 0 Å². The second kappa shape index (κ2) is 9.00. The van der Waals surface area contributed by atoms with Gasteiger partial charge in [0.15, 0.2) is 0 Å². The lowest BCUT2D eigenvalue weighted by molar-refractivity contribution is -0.387. The van der Waals surface area contributed by atoms with Crippen LogP contribution in [0.15, 0.2) is 29.2 Å². The predicted molar refractivity (Wildman–Crippen MR) is 81.4 cm³/mol. The molecule has 1 aromatic carbocycles. The molecule has 22 heavy (non-hydrogen) atoms. The summed E-state index contributed by atoms with van der Waals surface area (Å²) < 4.78 is 2.59. The highest BCUT2D eigenvalue weighted by atomic mass is 32.2. The molecule has 0 aliphatic heterocycles. The summed E-state index contributed by atoms with van der Waals surface area (Å²) in [6.45, 7) is 2.36. The van der Waals surface area contributed by atoms with E-state index in [4.69, 9.17) is 5.11 Å². The van der Waals surface area contributed by atoms with Crippen LogP contribution < -0.4 is 10.0 Å². The van der Waals surface area contributed by atoms with Gasteiger partial charge in [0.05, 0.1) is 11.3 Å². The maximum absolute atomic E-state index is 11.6. The van der Waals surface area contributed by atoms with Crippen molar-refractivity contribution in [2.45, 2.75) is 30.7 Å². The summed E-state index contributed by atoms with van der Waals surface area (Å²) in [6.07, 6.45) is 0.505. The first kappa shape index (κ1) is 17.9. The Kier molecular flexibility index (Phi) is 7.33. The largest absolute Gasteiger partial charge is 0.480 e. The molecule has 1 rings (SSSR count). The number of rotatable bonds is 9. The first-order chi connectivity index (χ1) is 10.5. The van der Waals surface area contributed by atoms with Gasteiger partial charge >= 0.3 is 5.97 Å². The van der Waals surface area contributed by atoms with Gasteiger partial charge in [0.2, 0.25) is 5.91 Å². The monoisotopic (exact) mass is 327 g/mol. The van der Waals surface area contributed by atoms with E-state index in [1.807, 2.05) is 6.92 Å². The topological polar surface area (TPSA) is 122 Å². The summed E-state index contributed by atoms with van der Waals surface area (Å²) in [7, 11) is 0. The van der Waals surface area contributed by atoms with Crippen molar-refractivity contribution in [2.24, 2.45) is 0 Å². The third-order valence-electron chi connectivity index (χ3n) is 2.63. The van der Waals surface area contributed by atoms with E-state index in [0.29, 0.717) is 6.54 Å². The van der Waals surface area contributed by atoms with Gasteiger partial charge in [-0.1, -0.05) is 19.1 Å². The molecule has 0 saturated carbocycles. The van der Waals surface area contributed by atoms with Crippen LogP contribution in [0, 0.1) is 10.1 Å². The minimum atomic E-state index is -1.20. The maximum atomic E-state index is 11.6. The van der Waals surface area contributed by atoms with E-state index >= 15 is 0 Å². The number of aliphatic carboxylic acids is 1. The van der Waals surface area contributed by atoms with Gasteiger partial charge in [0.1, 0.15) is 10.9 Å². The zero-order valence-corrected chi connectivity index (χ0v) is 12.8. The fourth-order valence-corrected chi connectivity index (χ4v) is 2.38. The molecular weight excluding hydrogens is 310 g/mol. The number of benzene rings is 1. The molecule has 0 aliphatic carbocycles. The Balaban J connectivity index is 2.67. The van der Waals surface area contributed by atoms with E-state index in [0.717, 1.165) is 18.4 Å². The van der Waals surface area contributed by atoms with Crippen molar-refractivity contribution in [1.82, 2.24) is 10.0 Å². The van der Waals surface area contributed by atoms with Crippen molar-refractivity contribution < 1.29 is 19.6 Å². The van der Waals surface area contributed by atoms with Crippen LogP contribution in [0.25, 0.3) is 0 Å². The van der Waals surface area contributed by atoms with Crippen LogP contribution in [0.2, 0.25) is 0 Å². The summed E-state index contributed by atoms with van der Waals surface area (Å²) in [5.74, 6) is -1.58. The van der Waals surface area contributed by atoms with Gasteiger partial charge in [0, 0.05) is 12.6 Å². The lowest BCUT2D eigenvalue weighted by atomic mass is 10.2. The number of carboxylic acid groups (broad SMARTS) is 1. The SMILES string of the molecule is CCCNC(=O)CC(NSc1ccccc1[N+](=O)[O-])C(=O)O. The lowest BCUT2D eigenvalue weighted by Gasteiger charge is -2.13. The van der Waals surface area contributed by atoms with Gasteiger partial charge in [0.25, 0.3) is 5.69 Å². The number of carboxylic acids is 1. The molecule has 0 spiro atoms. The Bertz CT molecular complexity index is 552. The van der Waals surface area contributed by atoms with Gasteiger partial charge in [-0.05, 0) is 24.4 Å². The normalized spacial score (nSPS) is 11.7. The Morgan fingerprint density at radius 2 is 2.09 bits per heavy atom. The first-order valence-corrected chi connectivity index (χ1v) is 7.42. The van der Waals surface area contributed by atoms with Gasteiger partial charge in [-0.15, -0.1) is 0 Å². The number of carbonyl (C=O) groups excluding carboxylic acids is 1. The number of hydrogen-bond acceptors (Lipinski definition) is 6. The molecule has 0 saturated heterocycles. The van der Waals surface area contributed by atoms with Crippen LogP contribution in [0.4, 0.5) is 5.69 Å². The lowest BCUT2D eigenvalue weighted by Crippen LogP contribution is -2.38. The van der Waals surface area contributed by atoms with Crippen LogP contribution in [0.5, 0.6) is 0 Å². The maximum Gasteiger partial charge on any atom is 0.322 e. The van der Waals surface area contributed by atoms with Gasteiger partial charge in [-0.25, -0.2) is 4.72 Å². The van der Waals surface area contributed by atoms with Crippen molar-refractivity contribution in [3.05, 3.63) is 34.4 Å². The third-order valence-corrected chi connectivity index (χ3v) is 3.60. The van der Waals surface area contributed by atoms with E-state index < -0.39 is 16.9 Å². The molecule has 8 nitrogen and oxygen atoms in total. The standard InChI is InChI=1S/C13H17N3O5S/c1-2-7-14-12(17)8-9(13(18)19)15-22-11-6-4-3-5-10(11)16(20)21/h3-6,9,15H,2,7-8H2,1H3,(H,14,17)(H,18,19). The molecule has 0 bridgehead atoms. The number of nitro benzene ring substituents is 1. The van der Waals surface area contributed by atoms with E-state index in [9.17, 15) is 19.7 Å². The molecule has 0 aromatic heterocycles. The molecule has 9 heteroatoms. The fourth-order valence-electron chi connectivity index (χ4n) is 1.53. The zero-order valence-electron chi connectivity index (χ0n) is 11.9. The van der Waals surface area contributed by atoms with Crippen molar-refractivity contribution in [2.75, 3.05) is 6.54 Å². The van der Waals surface area contributed by atoms with Crippen LogP contribution in [0.1, 0.15) is 19.8 Å². The number of nitro groups is 1. The van der Waals surface area contributed by atoms with Gasteiger partial charge < -0.3 is 10.4 Å². The summed E-state index contributed by atoms with van der Waals surface area (Å²) in [5, 5.41) is 22.6. The summed E-state index contributed by atoms with van der Waals surface area (Å²) in [4.78, 5) is 33.3. The zero-order chi connectivity index (χ0) is 16.5. The minimum Gasteiger partial charge on any atom is -0.480 e. The highest BCUT2D eigenvalue weighted by Gasteiger charge is 2.22. The number of nitrogens with one attached hydrogen (secondary N) is 2. The summed E-state index contributed by atoms with van der Waals surface area (Å²) >= 11 is 0.825. The average Bonchev–Trinajstić information content (AvgIpc) is 2.49. The third kappa shape index (κ3) is 5.70. The second-order valence-corrected chi connectivity index (χ2v) is 5.27. The average molecular weight is 327 g/mol. The van der Waals surface area contributed by atoms with Crippen molar-refractivity contribution in [3.63, 3.8) is 0 Å². The van der Waals surface area contributed by atoms with Crippen LogP contribution in [0.3, 0.4) is 0 Å². The molecule has 0 aliphatic rings. The number of para-hydroxylation sites is 1. The summed E-state index contributed by atoms with van der Waals surface area (Å²) in [6, 6.07) is 4.83. The molecule has 1 amide bonds. The van der Waals surface area contributed by atoms with E-state index in [1.165, 1.54) is 18.2 Å². The van der Waals surface area contributed by atoms with E-state index in [2.05, 4.69) is 10.0 Å². The molecule has 3 N–H and O–H groups in total. The molecule has 1 atom stereocenters. The van der Waals surface area contributed by atoms with Gasteiger partial charge in [-0.2, -0.15) is 0 Å². The number of carbonyl (C=O) groups is 2. The molecule has 120 valence electrons. The molecular formula is C13H17N3O5S. The van der Waals surface area contributed by atoms with E-state index in [-0.39, 0.29) is 22.9 Å². The number of amides is 1. The number of hydrogen-bond donors (Lipinski definition) is 3. The minimum absolute atomic E-state index is 0.125. The Morgan fingerprint density at radius 3 is 2.68 bits per heavy atom. The van der Waals surface area contributed by atoms with Gasteiger partial charge in [-0.3, -0.25) is 19.7 Å². The second-order valence-electron chi connectivity index (χ2n) is 4.39. The molecule has 1 aromatic rings. The Labute approximate surface area is 131 Å². The highest BCUT2D eigenvalue weighted by Crippen LogP contribution is 2.27. The van der Waals surface area contributed by atoms with Crippen LogP contribution in [-0.2, 0) is 9.59 Å². The summed E-state index contributed by atoms with van der Waals surface area (Å²) in [5.41, 5.74) is -0.125. The van der Waals surface area contributed by atoms with Crippen LogP contribution in [-0.4, -0.2) is 34.5 Å². The highest BCUT2D eigenvalue weighted by molar-refractivity contribution is 7.97. The predicted octanol–water partition coefficient (Wildman–Crippen LogP) is 1.56. The van der Waals surface area contributed by atoms with Crippen molar-refractivity contribution in [1.29, 1.82) is 0 Å². The van der Waals surface area contributed by atoms with Crippen molar-refractivity contribution >= 4 is 29.5 Å². The Hall–Kier alpha value is -2.13. The smallest absolute Gasteiger partial charge is 0.322 e. The molecule has 1 unspecified atom stereocenters. The molecule has 0 fully saturated rings. The number of nitrogens with zero attached hydrogens (tertiary/aromatic N) is 1. The molecule has 0 heterocycles. The van der Waals surface area contributed by atoms with Crippen LogP contribution >= 0.6 is 11.9 Å². The molecule has 0 radical (unpaired) electrons. The fraction of sp³-hybridized carbons (Fsp3) is 0.385. The van der Waals surface area contributed by atoms with E-state index in [1.54, 1.807) is 6.07 Å². The first-order valence-electron chi connectivity index (χ1n) is 6.61.